The molecule has 0 rings (SSSR count). The second-order valence-corrected chi connectivity index (χ2v) is 1.17. The van der Waals surface area contributed by atoms with Crippen molar-refractivity contribution in [3.63, 3.8) is 0 Å². The van der Waals surface area contributed by atoms with Gasteiger partial charge in [-0.1, -0.05) is 58.6 Å². The van der Waals surface area contributed by atoms with Crippen molar-refractivity contribution in [2.75, 3.05) is 0 Å². The second-order valence-electron chi connectivity index (χ2n) is 1.17. The maximum atomic E-state index is 3.46. The molecule has 0 heterocycles. The Kier molecular flexibility index (Phi) is 157. The van der Waals surface area contributed by atoms with Crippen molar-refractivity contribution in [3.05, 3.63) is 37.5 Å². The number of rotatable bonds is 1. The van der Waals surface area contributed by atoms with Gasteiger partial charge >= 0.3 is 0 Å². The predicted molar refractivity (Wildman–Crippen MR) is 63.6 cm³/mol. The van der Waals surface area contributed by atoms with Crippen LogP contribution in [0.15, 0.2) is 37.5 Å². The van der Waals surface area contributed by atoms with E-state index in [9.17, 15) is 0 Å². The lowest BCUT2D eigenvalue weighted by Crippen LogP contribution is -1.33. The first kappa shape index (κ1) is 22.5. The van der Waals surface area contributed by atoms with Crippen LogP contribution in [-0.2, 0) is 0 Å². The standard InChI is InChI=1S/C5H8.C3H6.2C2H6/c1-3-5-4-2;1-3-2;2*1-2/h3-5H,1H2,2H3;3H,1H2,2H3;2*1-2H3/b5-4-;;;. The van der Waals surface area contributed by atoms with Crippen LogP contribution < -0.4 is 0 Å². The van der Waals surface area contributed by atoms with Crippen LogP contribution in [0.3, 0.4) is 0 Å². The van der Waals surface area contributed by atoms with Crippen LogP contribution in [0.2, 0.25) is 0 Å². The molecule has 12 heavy (non-hydrogen) atoms. The van der Waals surface area contributed by atoms with E-state index in [4.69, 9.17) is 0 Å². The molecule has 0 N–H and O–H groups in total. The molecular weight excluding hydrogens is 144 g/mol. The van der Waals surface area contributed by atoms with Gasteiger partial charge in [0.05, 0.1) is 0 Å². The Bertz CT molecular complexity index is 68.1. The van der Waals surface area contributed by atoms with Crippen molar-refractivity contribution in [1.82, 2.24) is 0 Å². The molecule has 0 atom stereocenters. The zero-order valence-electron chi connectivity index (χ0n) is 9.72. The van der Waals surface area contributed by atoms with Crippen molar-refractivity contribution < 1.29 is 0 Å². The van der Waals surface area contributed by atoms with Gasteiger partial charge in [0, 0.05) is 0 Å². The van der Waals surface area contributed by atoms with Crippen molar-refractivity contribution in [2.24, 2.45) is 0 Å². The normalized spacial score (nSPS) is 5.83. The average molecular weight is 170 g/mol. The summed E-state index contributed by atoms with van der Waals surface area (Å²) in [6.45, 7) is 18.7. The van der Waals surface area contributed by atoms with Crippen LogP contribution in [0.5, 0.6) is 0 Å². The monoisotopic (exact) mass is 170 g/mol. The van der Waals surface area contributed by atoms with Crippen molar-refractivity contribution in [1.29, 1.82) is 0 Å². The van der Waals surface area contributed by atoms with E-state index >= 15 is 0 Å². The van der Waals surface area contributed by atoms with Crippen molar-refractivity contribution >= 4 is 0 Å². The molecule has 0 heteroatoms. The van der Waals surface area contributed by atoms with Gasteiger partial charge in [-0.3, -0.25) is 0 Å². The van der Waals surface area contributed by atoms with E-state index in [1.54, 1.807) is 12.2 Å². The molecule has 0 unspecified atom stereocenters. The second kappa shape index (κ2) is 83.8. The quantitative estimate of drug-likeness (QED) is 0.384. The Balaban J connectivity index is -0.0000000397. The molecule has 0 aliphatic carbocycles. The molecule has 0 saturated heterocycles. The molecule has 0 nitrogen and oxygen atoms in total. The van der Waals surface area contributed by atoms with Gasteiger partial charge in [-0.15, -0.1) is 6.58 Å². The summed E-state index contributed by atoms with van der Waals surface area (Å²) in [5.74, 6) is 0. The highest BCUT2D eigenvalue weighted by atomic mass is 13.5. The molecule has 0 amide bonds. The minimum Gasteiger partial charge on any atom is -0.103 e. The summed E-state index contributed by atoms with van der Waals surface area (Å²) in [5.41, 5.74) is 0. The molecule has 0 aliphatic heterocycles. The Labute approximate surface area is 79.7 Å². The van der Waals surface area contributed by atoms with E-state index in [0.717, 1.165) is 0 Å². The zero-order valence-corrected chi connectivity index (χ0v) is 9.72. The third kappa shape index (κ3) is 419. The molecule has 74 valence electrons. The van der Waals surface area contributed by atoms with Gasteiger partial charge in [0.25, 0.3) is 0 Å². The SMILES string of the molecule is C=C/C=C\C.C=CC.CC.CC. The van der Waals surface area contributed by atoms with Gasteiger partial charge in [-0.25, -0.2) is 0 Å². The summed E-state index contributed by atoms with van der Waals surface area (Å²) >= 11 is 0. The minimum absolute atomic E-state index is 1.75. The van der Waals surface area contributed by atoms with Gasteiger partial charge in [0.1, 0.15) is 0 Å². The van der Waals surface area contributed by atoms with Gasteiger partial charge in [0.15, 0.2) is 0 Å². The summed E-state index contributed by atoms with van der Waals surface area (Å²) in [6.07, 6.45) is 7.33. The summed E-state index contributed by atoms with van der Waals surface area (Å²) in [7, 11) is 0. The number of hydrogen-bond donors (Lipinski definition) is 0. The van der Waals surface area contributed by atoms with Gasteiger partial charge in [0.2, 0.25) is 0 Å². The lowest BCUT2D eigenvalue weighted by atomic mass is 10.5. The van der Waals surface area contributed by atoms with Crippen molar-refractivity contribution in [3.8, 4) is 0 Å². The number of hydrogen-bond acceptors (Lipinski definition) is 0. The highest BCUT2D eigenvalue weighted by Crippen LogP contribution is 1.64. The zero-order chi connectivity index (χ0) is 10.8. The predicted octanol–water partition coefficient (Wildman–Crippen LogP) is 4.99. The fourth-order valence-corrected chi connectivity index (χ4v) is 0.136. The van der Waals surface area contributed by atoms with E-state index < -0.39 is 0 Å². The van der Waals surface area contributed by atoms with E-state index in [1.807, 2.05) is 53.7 Å². The summed E-state index contributed by atoms with van der Waals surface area (Å²) in [6, 6.07) is 0. The summed E-state index contributed by atoms with van der Waals surface area (Å²) in [5, 5.41) is 0. The van der Waals surface area contributed by atoms with E-state index in [-0.39, 0.29) is 0 Å². The van der Waals surface area contributed by atoms with Gasteiger partial charge < -0.3 is 0 Å². The third-order valence-electron chi connectivity index (χ3n) is 0.329. The van der Waals surface area contributed by atoms with Crippen LogP contribution in [-0.4, -0.2) is 0 Å². The third-order valence-corrected chi connectivity index (χ3v) is 0.329. The van der Waals surface area contributed by atoms with Crippen LogP contribution >= 0.6 is 0 Å². The van der Waals surface area contributed by atoms with Gasteiger partial charge in [-0.2, -0.15) is 0 Å². The molecule has 0 radical (unpaired) electrons. The lowest BCUT2D eigenvalue weighted by molar-refractivity contribution is 1.50. The maximum absolute atomic E-state index is 3.46. The van der Waals surface area contributed by atoms with E-state index in [2.05, 4.69) is 13.2 Å². The largest absolute Gasteiger partial charge is 0.103 e. The lowest BCUT2D eigenvalue weighted by Gasteiger charge is -1.56. The fraction of sp³-hybridized carbons (Fsp3) is 0.500. The molecular formula is C12H26. The Morgan fingerprint density at radius 2 is 1.08 bits per heavy atom. The average Bonchev–Trinajstić information content (AvgIpc) is 2.14. The minimum atomic E-state index is 1.75. The molecule has 0 aromatic rings. The first-order valence-electron chi connectivity index (χ1n) is 4.64. The fourth-order valence-electron chi connectivity index (χ4n) is 0.136. The molecule has 0 bridgehead atoms. The molecule has 0 fully saturated rings. The van der Waals surface area contributed by atoms with Crippen molar-refractivity contribution in [2.45, 2.75) is 41.5 Å². The maximum Gasteiger partial charge on any atom is -0.0467 e. The topological polar surface area (TPSA) is 0 Å². The summed E-state index contributed by atoms with van der Waals surface area (Å²) < 4.78 is 0. The molecule has 0 aliphatic rings. The molecule has 0 saturated carbocycles. The van der Waals surface area contributed by atoms with Crippen LogP contribution in [0.4, 0.5) is 0 Å². The van der Waals surface area contributed by atoms with E-state index in [1.165, 1.54) is 0 Å². The smallest absolute Gasteiger partial charge is 0.0467 e. The Morgan fingerprint density at radius 3 is 1.08 bits per heavy atom. The highest BCUT2D eigenvalue weighted by molar-refractivity contribution is 4.94. The molecule has 0 aromatic carbocycles. The Morgan fingerprint density at radius 1 is 0.833 bits per heavy atom. The first-order valence-corrected chi connectivity index (χ1v) is 4.64. The van der Waals surface area contributed by atoms with Crippen LogP contribution in [0.1, 0.15) is 41.5 Å². The van der Waals surface area contributed by atoms with Gasteiger partial charge in [-0.05, 0) is 13.8 Å². The molecule has 0 aromatic heterocycles. The van der Waals surface area contributed by atoms with Crippen LogP contribution in [0.25, 0.3) is 0 Å². The Hall–Kier alpha value is -0.780. The first-order chi connectivity index (χ1) is 5.83. The van der Waals surface area contributed by atoms with E-state index in [0.29, 0.717) is 0 Å². The highest BCUT2D eigenvalue weighted by Gasteiger charge is 1.42. The summed E-state index contributed by atoms with van der Waals surface area (Å²) in [4.78, 5) is 0. The number of allylic oxidation sites excluding steroid dienone is 4. The van der Waals surface area contributed by atoms with Crippen LogP contribution in [0, 0.1) is 0 Å². The molecule has 0 spiro atoms.